The highest BCUT2D eigenvalue weighted by Crippen LogP contribution is 2.37. The normalized spacial score (nSPS) is 11.8. The summed E-state index contributed by atoms with van der Waals surface area (Å²) in [5.74, 6) is 0. The molecule has 0 amide bonds. The van der Waals surface area contributed by atoms with Crippen molar-refractivity contribution in [3.8, 4) is 22.3 Å². The highest BCUT2D eigenvalue weighted by Gasteiger charge is 2.27. The summed E-state index contributed by atoms with van der Waals surface area (Å²) in [5.41, 5.74) is 19.8. The molecule has 0 heterocycles. The molecule has 158 valence electrons. The molecule has 3 heteroatoms. The first-order valence-electron chi connectivity index (χ1n) is 11.0. The predicted molar refractivity (Wildman–Crippen MR) is 144 cm³/mol. The van der Waals surface area contributed by atoms with Gasteiger partial charge in [0.2, 0.25) is 0 Å². The molecule has 5 rings (SSSR count). The molecule has 4 N–H and O–H groups in total. The van der Waals surface area contributed by atoms with Crippen LogP contribution in [0.3, 0.4) is 0 Å². The maximum atomic E-state index is 6.75. The second-order valence-electron chi connectivity index (χ2n) is 9.47. The van der Waals surface area contributed by atoms with Crippen LogP contribution in [0.15, 0.2) is 91.0 Å². The van der Waals surface area contributed by atoms with Crippen molar-refractivity contribution in [2.24, 2.45) is 0 Å². The first-order valence-corrected chi connectivity index (χ1v) is 14.5. The molecule has 0 atom stereocenters. The Labute approximate surface area is 190 Å². The third kappa shape index (κ3) is 3.26. The summed E-state index contributed by atoms with van der Waals surface area (Å²) in [6.07, 6.45) is 0. The second-order valence-corrected chi connectivity index (χ2v) is 14.5. The number of benzene rings is 5. The lowest BCUT2D eigenvalue weighted by molar-refractivity contribution is 1.60. The van der Waals surface area contributed by atoms with Crippen LogP contribution < -0.4 is 16.7 Å². The zero-order valence-electron chi connectivity index (χ0n) is 18.8. The lowest BCUT2D eigenvalue weighted by Gasteiger charge is -2.27. The van der Waals surface area contributed by atoms with E-state index >= 15 is 0 Å². The fourth-order valence-corrected chi connectivity index (χ4v) is 6.92. The van der Waals surface area contributed by atoms with Gasteiger partial charge in [-0.05, 0) is 27.1 Å². The van der Waals surface area contributed by atoms with Crippen LogP contribution in [-0.2, 0) is 0 Å². The Morgan fingerprint density at radius 3 is 1.34 bits per heavy atom. The quantitative estimate of drug-likeness (QED) is 0.237. The molecule has 2 nitrogen and oxygen atoms in total. The van der Waals surface area contributed by atoms with E-state index in [0.717, 1.165) is 33.3 Å². The summed E-state index contributed by atoms with van der Waals surface area (Å²) in [4.78, 5) is 0. The van der Waals surface area contributed by atoms with Crippen LogP contribution in [0.2, 0.25) is 19.6 Å². The molecule has 32 heavy (non-hydrogen) atoms. The van der Waals surface area contributed by atoms with Crippen molar-refractivity contribution in [1.29, 1.82) is 0 Å². The Bertz CT molecular complexity index is 1380. The van der Waals surface area contributed by atoms with Gasteiger partial charge in [0, 0.05) is 33.3 Å². The smallest absolute Gasteiger partial charge is 0.0792 e. The van der Waals surface area contributed by atoms with E-state index in [2.05, 4.69) is 98.5 Å². The number of anilines is 2. The molecule has 0 aliphatic heterocycles. The maximum absolute atomic E-state index is 6.75. The van der Waals surface area contributed by atoms with Crippen LogP contribution in [0.4, 0.5) is 11.4 Å². The molecular formula is C29H28N2Si. The molecule has 0 fully saturated rings. The molecule has 0 aliphatic carbocycles. The van der Waals surface area contributed by atoms with Crippen LogP contribution >= 0.6 is 0 Å². The van der Waals surface area contributed by atoms with Crippen molar-refractivity contribution in [1.82, 2.24) is 0 Å². The van der Waals surface area contributed by atoms with Gasteiger partial charge in [-0.3, -0.25) is 0 Å². The van der Waals surface area contributed by atoms with Crippen LogP contribution in [-0.4, -0.2) is 8.07 Å². The summed E-state index contributed by atoms with van der Waals surface area (Å²) in [5, 5.41) is 5.92. The molecule has 0 spiro atoms. The fraction of sp³-hybridized carbons (Fsp3) is 0.103. The van der Waals surface area contributed by atoms with Crippen molar-refractivity contribution >= 4 is 46.2 Å². The van der Waals surface area contributed by atoms with Gasteiger partial charge in [0.05, 0.1) is 8.07 Å². The van der Waals surface area contributed by atoms with Gasteiger partial charge in [0.15, 0.2) is 0 Å². The minimum Gasteiger partial charge on any atom is -0.398 e. The largest absolute Gasteiger partial charge is 0.398 e. The van der Waals surface area contributed by atoms with E-state index in [-0.39, 0.29) is 0 Å². The second kappa shape index (κ2) is 7.54. The highest BCUT2D eigenvalue weighted by molar-refractivity contribution is 6.90. The van der Waals surface area contributed by atoms with Gasteiger partial charge < -0.3 is 11.5 Å². The monoisotopic (exact) mass is 432 g/mol. The lowest BCUT2D eigenvalue weighted by atomic mass is 9.93. The Morgan fingerprint density at radius 2 is 0.906 bits per heavy atom. The highest BCUT2D eigenvalue weighted by atomic mass is 28.3. The summed E-state index contributed by atoms with van der Waals surface area (Å²) < 4.78 is 0. The van der Waals surface area contributed by atoms with Crippen molar-refractivity contribution in [2.45, 2.75) is 19.6 Å². The van der Waals surface area contributed by atoms with E-state index < -0.39 is 8.07 Å². The Balaban J connectivity index is 1.82. The first-order chi connectivity index (χ1) is 15.4. The summed E-state index contributed by atoms with van der Waals surface area (Å²) in [6, 6.07) is 31.9. The number of hydrogen-bond donors (Lipinski definition) is 2. The molecular weight excluding hydrogens is 404 g/mol. The third-order valence-electron chi connectivity index (χ3n) is 6.34. The minimum atomic E-state index is -1.78. The van der Waals surface area contributed by atoms with E-state index in [0.29, 0.717) is 0 Å². The van der Waals surface area contributed by atoms with E-state index in [1.54, 1.807) is 0 Å². The zero-order valence-corrected chi connectivity index (χ0v) is 19.8. The van der Waals surface area contributed by atoms with Crippen LogP contribution in [0, 0.1) is 0 Å². The van der Waals surface area contributed by atoms with Crippen LogP contribution in [0.5, 0.6) is 0 Å². The molecule has 0 unspecified atom stereocenters. The van der Waals surface area contributed by atoms with E-state index in [1.165, 1.54) is 27.1 Å². The predicted octanol–water partition coefficient (Wildman–Crippen LogP) is 7.04. The number of nitrogen functional groups attached to an aromatic ring is 2. The Kier molecular flexibility index (Phi) is 4.79. The molecule has 0 aliphatic rings. The van der Waals surface area contributed by atoms with Gasteiger partial charge in [-0.1, -0.05) is 111 Å². The SMILES string of the molecule is C[Si](C)(C)c1c(-c2ccc3ccccc3c2N)cccc1-c1ccc2ccccc2c1N. The van der Waals surface area contributed by atoms with E-state index in [1.807, 2.05) is 12.1 Å². The minimum absolute atomic E-state index is 0.839. The van der Waals surface area contributed by atoms with Gasteiger partial charge in [0.25, 0.3) is 0 Å². The topological polar surface area (TPSA) is 52.0 Å². The van der Waals surface area contributed by atoms with Gasteiger partial charge in [0.1, 0.15) is 0 Å². The molecule has 0 radical (unpaired) electrons. The third-order valence-corrected chi connectivity index (χ3v) is 8.37. The average molecular weight is 433 g/mol. The zero-order chi connectivity index (χ0) is 22.5. The van der Waals surface area contributed by atoms with Crippen molar-refractivity contribution in [3.63, 3.8) is 0 Å². The van der Waals surface area contributed by atoms with E-state index in [9.17, 15) is 0 Å². The molecule has 5 aromatic carbocycles. The molecule has 0 saturated heterocycles. The van der Waals surface area contributed by atoms with Gasteiger partial charge in [-0.15, -0.1) is 0 Å². The standard InChI is InChI=1S/C29H28N2Si/c1-32(2,3)29-25(23-17-15-19-9-4-6-11-21(19)27(23)30)13-8-14-26(29)24-18-16-20-10-5-7-12-22(20)28(24)31/h4-18H,30-31H2,1-3H3. The summed E-state index contributed by atoms with van der Waals surface area (Å²) >= 11 is 0. The van der Waals surface area contributed by atoms with E-state index in [4.69, 9.17) is 11.5 Å². The fourth-order valence-electron chi connectivity index (χ4n) is 4.87. The number of nitrogens with two attached hydrogens (primary N) is 2. The lowest BCUT2D eigenvalue weighted by Crippen LogP contribution is -2.40. The van der Waals surface area contributed by atoms with Crippen molar-refractivity contribution in [3.05, 3.63) is 91.0 Å². The summed E-state index contributed by atoms with van der Waals surface area (Å²) in [6.45, 7) is 7.18. The van der Waals surface area contributed by atoms with Crippen LogP contribution in [0.25, 0.3) is 43.8 Å². The van der Waals surface area contributed by atoms with Crippen LogP contribution in [0.1, 0.15) is 0 Å². The Morgan fingerprint density at radius 1 is 0.469 bits per heavy atom. The average Bonchev–Trinajstić information content (AvgIpc) is 2.79. The Hall–Kier alpha value is -3.56. The first kappa shape index (κ1) is 20.3. The van der Waals surface area contributed by atoms with Gasteiger partial charge in [-0.25, -0.2) is 0 Å². The molecule has 0 saturated carbocycles. The summed E-state index contributed by atoms with van der Waals surface area (Å²) in [7, 11) is -1.78. The molecule has 0 aromatic heterocycles. The van der Waals surface area contributed by atoms with Gasteiger partial charge in [-0.2, -0.15) is 0 Å². The number of fused-ring (bicyclic) bond motifs is 2. The molecule has 5 aromatic rings. The van der Waals surface area contributed by atoms with Gasteiger partial charge >= 0.3 is 0 Å². The van der Waals surface area contributed by atoms with Crippen molar-refractivity contribution in [2.75, 3.05) is 11.5 Å². The molecule has 0 bridgehead atoms. The number of rotatable bonds is 3. The number of hydrogen-bond acceptors (Lipinski definition) is 2. The van der Waals surface area contributed by atoms with Crippen molar-refractivity contribution < 1.29 is 0 Å². The maximum Gasteiger partial charge on any atom is 0.0792 e.